The number of aromatic nitrogens is 1. The standard InChI is InChI=1S/C9H15N3OS.2ClH/c1-6(3-10)9(13)11-4-8-12-7(2)5-14-8;;/h5-6H,3-4,10H2,1-2H3,(H,11,13);2*1H. The lowest BCUT2D eigenvalue weighted by Gasteiger charge is -2.07. The van der Waals surface area contributed by atoms with Crippen molar-refractivity contribution in [3.8, 4) is 0 Å². The van der Waals surface area contributed by atoms with E-state index in [0.29, 0.717) is 13.1 Å². The average molecular weight is 286 g/mol. The van der Waals surface area contributed by atoms with Crippen LogP contribution >= 0.6 is 36.2 Å². The first kappa shape index (κ1) is 18.0. The van der Waals surface area contributed by atoms with Gasteiger partial charge in [0.1, 0.15) is 5.01 Å². The van der Waals surface area contributed by atoms with Crippen LogP contribution in [0.5, 0.6) is 0 Å². The second-order valence-electron chi connectivity index (χ2n) is 3.24. The van der Waals surface area contributed by atoms with E-state index in [9.17, 15) is 4.79 Å². The minimum absolute atomic E-state index is 0. The number of nitrogens with two attached hydrogens (primary N) is 1. The summed E-state index contributed by atoms with van der Waals surface area (Å²) in [5.74, 6) is -0.142. The molecule has 0 aliphatic carbocycles. The van der Waals surface area contributed by atoms with Crippen molar-refractivity contribution in [2.24, 2.45) is 11.7 Å². The van der Waals surface area contributed by atoms with Gasteiger partial charge in [-0.25, -0.2) is 4.98 Å². The van der Waals surface area contributed by atoms with Crippen LogP contribution in [-0.4, -0.2) is 17.4 Å². The predicted octanol–water partition coefficient (Wildman–Crippen LogP) is 1.51. The van der Waals surface area contributed by atoms with E-state index >= 15 is 0 Å². The summed E-state index contributed by atoms with van der Waals surface area (Å²) in [4.78, 5) is 15.6. The number of nitrogens with zero attached hydrogens (tertiary/aromatic N) is 1. The molecule has 3 N–H and O–H groups in total. The van der Waals surface area contributed by atoms with Crippen LogP contribution in [0.25, 0.3) is 0 Å². The molecule has 1 heterocycles. The molecule has 0 aromatic carbocycles. The number of hydrogen-bond acceptors (Lipinski definition) is 4. The Morgan fingerprint density at radius 2 is 2.25 bits per heavy atom. The minimum atomic E-state index is -0.129. The molecule has 16 heavy (non-hydrogen) atoms. The van der Waals surface area contributed by atoms with Crippen LogP contribution in [0.15, 0.2) is 5.38 Å². The molecule has 0 aliphatic rings. The Hall–Kier alpha value is -0.360. The number of aryl methyl sites for hydroxylation is 1. The predicted molar refractivity (Wildman–Crippen MR) is 71.4 cm³/mol. The van der Waals surface area contributed by atoms with Crippen LogP contribution < -0.4 is 11.1 Å². The molecular weight excluding hydrogens is 269 g/mol. The lowest BCUT2D eigenvalue weighted by molar-refractivity contribution is -0.124. The first-order valence-corrected chi connectivity index (χ1v) is 5.40. The van der Waals surface area contributed by atoms with Gasteiger partial charge in [-0.1, -0.05) is 6.92 Å². The molecular formula is C9H17Cl2N3OS. The second-order valence-corrected chi connectivity index (χ2v) is 4.18. The van der Waals surface area contributed by atoms with Crippen molar-refractivity contribution >= 4 is 42.1 Å². The SMILES string of the molecule is Cc1csc(CNC(=O)C(C)CN)n1.Cl.Cl. The fourth-order valence-corrected chi connectivity index (χ4v) is 1.64. The van der Waals surface area contributed by atoms with Crippen LogP contribution in [0.1, 0.15) is 17.6 Å². The number of carbonyl (C=O) groups is 1. The van der Waals surface area contributed by atoms with Crippen molar-refractivity contribution < 1.29 is 4.79 Å². The summed E-state index contributed by atoms with van der Waals surface area (Å²) in [5.41, 5.74) is 6.36. The zero-order valence-electron chi connectivity index (χ0n) is 9.23. The fourth-order valence-electron chi connectivity index (χ4n) is 0.928. The van der Waals surface area contributed by atoms with Crippen LogP contribution in [-0.2, 0) is 11.3 Å². The Bertz CT molecular complexity index is 319. The first-order chi connectivity index (χ1) is 6.63. The van der Waals surface area contributed by atoms with E-state index in [1.807, 2.05) is 19.2 Å². The van der Waals surface area contributed by atoms with E-state index in [4.69, 9.17) is 5.73 Å². The first-order valence-electron chi connectivity index (χ1n) is 4.52. The highest BCUT2D eigenvalue weighted by Gasteiger charge is 2.10. The summed E-state index contributed by atoms with van der Waals surface area (Å²) in [6.07, 6.45) is 0. The number of nitrogens with one attached hydrogen (secondary N) is 1. The van der Waals surface area contributed by atoms with Crippen LogP contribution in [0.3, 0.4) is 0 Å². The third-order valence-corrected chi connectivity index (χ3v) is 2.85. The van der Waals surface area contributed by atoms with Gasteiger partial charge in [0.15, 0.2) is 0 Å². The molecule has 94 valence electrons. The minimum Gasteiger partial charge on any atom is -0.349 e. The summed E-state index contributed by atoms with van der Waals surface area (Å²) in [6, 6.07) is 0. The zero-order valence-corrected chi connectivity index (χ0v) is 11.7. The summed E-state index contributed by atoms with van der Waals surface area (Å²) >= 11 is 1.55. The molecule has 0 aliphatic heterocycles. The van der Waals surface area contributed by atoms with E-state index in [0.717, 1.165) is 10.7 Å². The van der Waals surface area contributed by atoms with E-state index in [-0.39, 0.29) is 36.6 Å². The lowest BCUT2D eigenvalue weighted by atomic mass is 10.2. The van der Waals surface area contributed by atoms with Gasteiger partial charge < -0.3 is 11.1 Å². The van der Waals surface area contributed by atoms with Gasteiger partial charge in [0.05, 0.1) is 6.54 Å². The molecule has 7 heteroatoms. The van der Waals surface area contributed by atoms with Gasteiger partial charge in [-0.3, -0.25) is 4.79 Å². The molecule has 0 radical (unpaired) electrons. The molecule has 0 spiro atoms. The molecule has 1 aromatic heterocycles. The van der Waals surface area contributed by atoms with E-state index in [2.05, 4.69) is 10.3 Å². The van der Waals surface area contributed by atoms with E-state index in [1.54, 1.807) is 11.3 Å². The second kappa shape index (κ2) is 8.75. The monoisotopic (exact) mass is 285 g/mol. The van der Waals surface area contributed by atoms with Gasteiger partial charge in [-0.05, 0) is 6.92 Å². The molecule has 0 saturated carbocycles. The summed E-state index contributed by atoms with van der Waals surface area (Å²) < 4.78 is 0. The number of amides is 1. The lowest BCUT2D eigenvalue weighted by Crippen LogP contribution is -2.32. The van der Waals surface area contributed by atoms with Crippen LogP contribution in [0.4, 0.5) is 0 Å². The molecule has 1 rings (SSSR count). The molecule has 4 nitrogen and oxygen atoms in total. The largest absolute Gasteiger partial charge is 0.349 e. The van der Waals surface area contributed by atoms with Gasteiger partial charge in [-0.2, -0.15) is 0 Å². The third-order valence-electron chi connectivity index (χ3n) is 1.88. The number of thiazole rings is 1. The van der Waals surface area contributed by atoms with Crippen LogP contribution in [0, 0.1) is 12.8 Å². The van der Waals surface area contributed by atoms with Gasteiger partial charge in [0, 0.05) is 23.5 Å². The number of hydrogen-bond donors (Lipinski definition) is 2. The Morgan fingerprint density at radius 1 is 1.62 bits per heavy atom. The van der Waals surface area contributed by atoms with E-state index < -0.39 is 0 Å². The summed E-state index contributed by atoms with van der Waals surface area (Å²) in [5, 5.41) is 5.69. The smallest absolute Gasteiger partial charge is 0.224 e. The quantitative estimate of drug-likeness (QED) is 0.881. The van der Waals surface area contributed by atoms with Crippen molar-refractivity contribution in [1.29, 1.82) is 0 Å². The highest BCUT2D eigenvalue weighted by Crippen LogP contribution is 2.08. The normalized spacial score (nSPS) is 10.9. The molecule has 1 aromatic rings. The summed E-state index contributed by atoms with van der Waals surface area (Å²) in [6.45, 7) is 4.62. The van der Waals surface area contributed by atoms with Crippen molar-refractivity contribution in [3.05, 3.63) is 16.1 Å². The fraction of sp³-hybridized carbons (Fsp3) is 0.556. The highest BCUT2D eigenvalue weighted by molar-refractivity contribution is 7.09. The Balaban J connectivity index is 0. The zero-order chi connectivity index (χ0) is 10.6. The van der Waals surface area contributed by atoms with Crippen molar-refractivity contribution in [2.75, 3.05) is 6.54 Å². The number of rotatable bonds is 4. The van der Waals surface area contributed by atoms with Crippen molar-refractivity contribution in [3.63, 3.8) is 0 Å². The van der Waals surface area contributed by atoms with Crippen molar-refractivity contribution in [2.45, 2.75) is 20.4 Å². The maximum absolute atomic E-state index is 11.3. The highest BCUT2D eigenvalue weighted by atomic mass is 35.5. The average Bonchev–Trinajstić information content (AvgIpc) is 2.59. The third kappa shape index (κ3) is 5.65. The molecule has 0 fully saturated rings. The summed E-state index contributed by atoms with van der Waals surface area (Å²) in [7, 11) is 0. The van der Waals surface area contributed by atoms with Gasteiger partial charge in [0.2, 0.25) is 5.91 Å². The van der Waals surface area contributed by atoms with Gasteiger partial charge >= 0.3 is 0 Å². The molecule has 1 amide bonds. The number of halogens is 2. The number of carbonyl (C=O) groups excluding carboxylic acids is 1. The topological polar surface area (TPSA) is 68.0 Å². The Morgan fingerprint density at radius 3 is 2.69 bits per heavy atom. The van der Waals surface area contributed by atoms with Gasteiger partial charge in [0.25, 0.3) is 0 Å². The maximum Gasteiger partial charge on any atom is 0.224 e. The molecule has 1 unspecified atom stereocenters. The van der Waals surface area contributed by atoms with E-state index in [1.165, 1.54) is 0 Å². The van der Waals surface area contributed by atoms with Crippen molar-refractivity contribution in [1.82, 2.24) is 10.3 Å². The Kier molecular flexibility index (Phi) is 9.86. The van der Waals surface area contributed by atoms with Gasteiger partial charge in [-0.15, -0.1) is 36.2 Å². The maximum atomic E-state index is 11.3. The molecule has 0 bridgehead atoms. The molecule has 0 saturated heterocycles. The molecule has 1 atom stereocenters. The van der Waals surface area contributed by atoms with Crippen LogP contribution in [0.2, 0.25) is 0 Å². The Labute approximate surface area is 112 Å².